The highest BCUT2D eigenvalue weighted by Gasteiger charge is 2.43. The fourth-order valence-corrected chi connectivity index (χ4v) is 12.7. The zero-order chi connectivity index (χ0) is 52.1. The van der Waals surface area contributed by atoms with Crippen molar-refractivity contribution in [1.82, 2.24) is 35.3 Å². The van der Waals surface area contributed by atoms with Crippen molar-refractivity contribution in [3.63, 3.8) is 0 Å². The Bertz CT molecular complexity index is 2390. The number of aliphatic carboxylic acids is 1. The quantitative estimate of drug-likeness (QED) is 0.0840. The number of nitrogens with zero attached hydrogens (tertiary/aromatic N) is 6. The van der Waals surface area contributed by atoms with E-state index in [1.165, 1.54) is 5.56 Å². The molecule has 5 fully saturated rings. The molecular formula is C58H81N9O8. The van der Waals surface area contributed by atoms with Crippen LogP contribution in [-0.4, -0.2) is 157 Å². The molecule has 0 spiro atoms. The number of benzene rings is 1. The number of likely N-dealkylation sites (tertiary alicyclic amines) is 2. The average Bonchev–Trinajstić information content (AvgIpc) is 4.02. The van der Waals surface area contributed by atoms with Crippen LogP contribution in [0.25, 0.3) is 0 Å². The number of anilines is 2. The largest absolute Gasteiger partial charge is 0.481 e. The molecule has 1 aromatic carbocycles. The first kappa shape index (κ1) is 54.2. The third kappa shape index (κ3) is 14.8. The van der Waals surface area contributed by atoms with Crippen molar-refractivity contribution in [2.45, 2.75) is 139 Å². The predicted molar refractivity (Wildman–Crippen MR) is 286 cm³/mol. The number of carboxylic acid groups (broad SMARTS) is 1. The van der Waals surface area contributed by atoms with Crippen molar-refractivity contribution in [1.29, 1.82) is 0 Å². The molecule has 3 saturated heterocycles. The van der Waals surface area contributed by atoms with Crippen LogP contribution in [0.4, 0.5) is 11.5 Å². The molecule has 17 nitrogen and oxygen atoms in total. The Morgan fingerprint density at radius 1 is 0.893 bits per heavy atom. The van der Waals surface area contributed by atoms with Gasteiger partial charge in [0.05, 0.1) is 37.2 Å². The number of carbonyl (C=O) groups is 5. The standard InChI is InChI=1S/C58H81N9O8/c1-64-53(69)36-51(55(64)44-8-3-24-59-37-44)57(72)61-26-33-75-50-21-19-49(20-22-50)74-32-5-10-52(68)62-46-17-13-42(14-18-46)58(73)67-30-28-66(29-31-67)48-9-2-6-43(34-48)45(35-54(70)71)39-65-27-23-40(38-65)11-15-47-16-12-41-7-4-25-60-56(41)63-47/h2-3,6,8-9,12,16,24,34,37,40,42,45-46,49-51,55H,4-5,7,10-11,13-15,17-23,25-33,35-36,38-39H2,1H3,(H,60,63)(H,61,72)(H,62,68)(H,70,71)/t40-,42-,45-,46-,49-,50-,51+,55-/m1/s1. The number of hydrogen-bond donors (Lipinski definition) is 4. The molecule has 0 unspecified atom stereocenters. The zero-order valence-corrected chi connectivity index (χ0v) is 44.2. The summed E-state index contributed by atoms with van der Waals surface area (Å²) in [5, 5.41) is 19.6. The maximum atomic E-state index is 13.7. The number of nitrogens with one attached hydrogen (secondary N) is 3. The topological polar surface area (TPSA) is 199 Å². The lowest BCUT2D eigenvalue weighted by Gasteiger charge is -2.39. The van der Waals surface area contributed by atoms with Crippen LogP contribution in [-0.2, 0) is 46.3 Å². The molecule has 75 heavy (non-hydrogen) atoms. The third-order valence-electron chi connectivity index (χ3n) is 17.0. The van der Waals surface area contributed by atoms with Crippen LogP contribution in [0.2, 0.25) is 0 Å². The van der Waals surface area contributed by atoms with Crippen molar-refractivity contribution >= 4 is 41.1 Å². The van der Waals surface area contributed by atoms with Gasteiger partial charge in [-0.2, -0.15) is 0 Å². The number of carboxylic acids is 1. The van der Waals surface area contributed by atoms with E-state index in [4.69, 9.17) is 14.5 Å². The fourth-order valence-electron chi connectivity index (χ4n) is 12.7. The highest BCUT2D eigenvalue weighted by Crippen LogP contribution is 2.37. The van der Waals surface area contributed by atoms with E-state index in [-0.39, 0.29) is 72.6 Å². The Kier molecular flexibility index (Phi) is 19.1. The van der Waals surface area contributed by atoms with Crippen LogP contribution in [0.1, 0.15) is 131 Å². The van der Waals surface area contributed by atoms with Gasteiger partial charge < -0.3 is 50.1 Å². The molecule has 9 rings (SSSR count). The Morgan fingerprint density at radius 3 is 2.44 bits per heavy atom. The predicted octanol–water partition coefficient (Wildman–Crippen LogP) is 6.13. The number of carbonyl (C=O) groups excluding carboxylic acids is 4. The summed E-state index contributed by atoms with van der Waals surface area (Å²) in [5.41, 5.74) is 5.46. The summed E-state index contributed by atoms with van der Waals surface area (Å²) >= 11 is 0. The fraction of sp³-hybridized carbons (Fsp3) is 0.638. The average molecular weight is 1030 g/mol. The second-order valence-electron chi connectivity index (χ2n) is 22.2. The van der Waals surface area contributed by atoms with Gasteiger partial charge >= 0.3 is 5.97 Å². The highest BCUT2D eigenvalue weighted by molar-refractivity contribution is 5.90. The van der Waals surface area contributed by atoms with Crippen LogP contribution in [0.5, 0.6) is 0 Å². The summed E-state index contributed by atoms with van der Waals surface area (Å²) in [6, 6.07) is 16.3. The number of rotatable bonds is 22. The SMILES string of the molecule is CN1C(=O)C[C@H](C(=O)NCCO[C@H]2CC[C@H](OCCCC(=O)N[C@H]3CC[C@H](C(=O)N4CCN(c5cccc([C@H](CC(=O)O)CN6CC[C@@H](CCc7ccc8c(n7)NCCC8)C6)c5)CC4)CC3)CC2)[C@H]1c1cccnc1. The first-order valence-electron chi connectivity index (χ1n) is 28.3. The van der Waals surface area contributed by atoms with E-state index in [1.807, 2.05) is 17.0 Å². The number of piperazine rings is 1. The molecule has 0 radical (unpaired) electrons. The van der Waals surface area contributed by atoms with E-state index >= 15 is 0 Å². The maximum absolute atomic E-state index is 13.7. The van der Waals surface area contributed by atoms with Crippen molar-refractivity contribution in [2.24, 2.45) is 17.8 Å². The van der Waals surface area contributed by atoms with E-state index in [2.05, 4.69) is 67.1 Å². The van der Waals surface area contributed by atoms with Gasteiger partial charge in [0, 0.05) is 121 Å². The zero-order valence-electron chi connectivity index (χ0n) is 44.2. The van der Waals surface area contributed by atoms with Gasteiger partial charge in [-0.05, 0) is 143 Å². The molecule has 0 bridgehead atoms. The summed E-state index contributed by atoms with van der Waals surface area (Å²) in [4.78, 5) is 81.9. The van der Waals surface area contributed by atoms with Crippen LogP contribution >= 0.6 is 0 Å². The van der Waals surface area contributed by atoms with Gasteiger partial charge in [0.25, 0.3) is 0 Å². The molecule has 3 aromatic rings. The number of pyridine rings is 2. The number of aromatic nitrogens is 2. The minimum atomic E-state index is -0.777. The summed E-state index contributed by atoms with van der Waals surface area (Å²) in [6.07, 6.45) is 17.1. The Labute approximate surface area is 443 Å². The van der Waals surface area contributed by atoms with Gasteiger partial charge in [-0.15, -0.1) is 0 Å². The Balaban J connectivity index is 0.615. The number of fused-ring (bicyclic) bond motifs is 1. The molecule has 4 amide bonds. The first-order chi connectivity index (χ1) is 36.5. The Hall–Kier alpha value is -5.65. The molecular weight excluding hydrogens is 951 g/mol. The first-order valence-corrected chi connectivity index (χ1v) is 28.3. The molecule has 2 aliphatic carbocycles. The molecule has 6 heterocycles. The van der Waals surface area contributed by atoms with Gasteiger partial charge in [-0.3, -0.25) is 29.0 Å². The normalized spacial score (nSPS) is 25.6. The lowest BCUT2D eigenvalue weighted by molar-refractivity contribution is -0.138. The van der Waals surface area contributed by atoms with Gasteiger partial charge in [-0.1, -0.05) is 24.3 Å². The molecule has 2 aromatic heterocycles. The minimum Gasteiger partial charge on any atom is -0.481 e. The minimum absolute atomic E-state index is 0.0223. The van der Waals surface area contributed by atoms with Gasteiger partial charge in [0.1, 0.15) is 5.82 Å². The van der Waals surface area contributed by atoms with Crippen molar-refractivity contribution < 1.29 is 38.6 Å². The second-order valence-corrected chi connectivity index (χ2v) is 22.2. The number of amides is 4. The highest BCUT2D eigenvalue weighted by atomic mass is 16.5. The molecule has 4 atom stereocenters. The summed E-state index contributed by atoms with van der Waals surface area (Å²) < 4.78 is 12.3. The van der Waals surface area contributed by atoms with Gasteiger partial charge in [0.2, 0.25) is 23.6 Å². The molecule has 4 aliphatic heterocycles. The van der Waals surface area contributed by atoms with Gasteiger partial charge in [0.15, 0.2) is 0 Å². The van der Waals surface area contributed by atoms with E-state index in [0.717, 1.165) is 151 Å². The summed E-state index contributed by atoms with van der Waals surface area (Å²) in [5.74, 6) is 0.330. The molecule has 2 saturated carbocycles. The second kappa shape index (κ2) is 26.4. The van der Waals surface area contributed by atoms with E-state index in [0.29, 0.717) is 51.6 Å². The van der Waals surface area contributed by atoms with Crippen LogP contribution in [0.3, 0.4) is 0 Å². The molecule has 406 valence electrons. The van der Waals surface area contributed by atoms with Gasteiger partial charge in [-0.25, -0.2) is 4.98 Å². The Morgan fingerprint density at radius 2 is 1.68 bits per heavy atom. The number of hydrogen-bond acceptors (Lipinski definition) is 12. The third-order valence-corrected chi connectivity index (χ3v) is 17.0. The van der Waals surface area contributed by atoms with Crippen LogP contribution in [0, 0.1) is 17.8 Å². The van der Waals surface area contributed by atoms with Crippen LogP contribution < -0.4 is 20.9 Å². The lowest BCUT2D eigenvalue weighted by Crippen LogP contribution is -2.51. The molecule has 6 aliphatic rings. The van der Waals surface area contributed by atoms with Crippen molar-refractivity contribution in [3.8, 4) is 0 Å². The van der Waals surface area contributed by atoms with Crippen LogP contribution in [0.15, 0.2) is 60.9 Å². The van der Waals surface area contributed by atoms with E-state index < -0.39 is 11.9 Å². The molecule has 17 heteroatoms. The lowest BCUT2D eigenvalue weighted by atomic mass is 9.85. The summed E-state index contributed by atoms with van der Waals surface area (Å²) in [6.45, 7) is 7.79. The monoisotopic (exact) mass is 1030 g/mol. The van der Waals surface area contributed by atoms with E-state index in [9.17, 15) is 29.1 Å². The van der Waals surface area contributed by atoms with Crippen molar-refractivity contribution in [2.75, 3.05) is 89.4 Å². The van der Waals surface area contributed by atoms with Crippen molar-refractivity contribution in [3.05, 3.63) is 83.3 Å². The smallest absolute Gasteiger partial charge is 0.304 e. The molecule has 4 N–H and O–H groups in total. The van der Waals surface area contributed by atoms with E-state index in [1.54, 1.807) is 24.3 Å². The number of aryl methyl sites for hydroxylation is 2. The maximum Gasteiger partial charge on any atom is 0.304 e. The number of ether oxygens (including phenoxy) is 2. The summed E-state index contributed by atoms with van der Waals surface area (Å²) in [7, 11) is 1.74.